The van der Waals surface area contributed by atoms with Crippen molar-refractivity contribution >= 4 is 11.6 Å². The van der Waals surface area contributed by atoms with Gasteiger partial charge in [-0.15, -0.1) is 0 Å². The summed E-state index contributed by atoms with van der Waals surface area (Å²) >= 11 is 0. The number of benzene rings is 2. The fraction of sp³-hybridized carbons (Fsp3) is 0.316. The SMILES string of the molecule is Cc1cccc(O[C@H](C)C(=O)Nc2ccc3c(c2)CCC3)c1. The van der Waals surface area contributed by atoms with Crippen LogP contribution in [0.1, 0.15) is 30.0 Å². The third kappa shape index (κ3) is 3.30. The summed E-state index contributed by atoms with van der Waals surface area (Å²) < 4.78 is 5.71. The summed E-state index contributed by atoms with van der Waals surface area (Å²) in [7, 11) is 0. The lowest BCUT2D eigenvalue weighted by Crippen LogP contribution is -2.30. The van der Waals surface area contributed by atoms with Crippen LogP contribution in [0.4, 0.5) is 5.69 Å². The molecule has 0 saturated heterocycles. The molecule has 0 radical (unpaired) electrons. The molecule has 1 atom stereocenters. The first kappa shape index (κ1) is 14.6. The van der Waals surface area contributed by atoms with Crippen LogP contribution in [0.15, 0.2) is 42.5 Å². The zero-order valence-electron chi connectivity index (χ0n) is 13.1. The molecule has 0 spiro atoms. The first-order valence-electron chi connectivity index (χ1n) is 7.78. The molecule has 3 heteroatoms. The van der Waals surface area contributed by atoms with E-state index in [1.165, 1.54) is 17.5 Å². The van der Waals surface area contributed by atoms with E-state index in [-0.39, 0.29) is 5.91 Å². The zero-order chi connectivity index (χ0) is 15.5. The van der Waals surface area contributed by atoms with Gasteiger partial charge in [0.1, 0.15) is 5.75 Å². The molecule has 0 aliphatic heterocycles. The fourth-order valence-corrected chi connectivity index (χ4v) is 2.84. The molecular formula is C19H21NO2. The molecule has 0 aromatic heterocycles. The summed E-state index contributed by atoms with van der Waals surface area (Å²) in [6, 6.07) is 13.9. The third-order valence-electron chi connectivity index (χ3n) is 4.04. The minimum Gasteiger partial charge on any atom is -0.481 e. The number of hydrogen-bond acceptors (Lipinski definition) is 2. The number of carbonyl (C=O) groups is 1. The topological polar surface area (TPSA) is 38.3 Å². The highest BCUT2D eigenvalue weighted by molar-refractivity contribution is 5.94. The molecule has 0 heterocycles. The highest BCUT2D eigenvalue weighted by Crippen LogP contribution is 2.25. The van der Waals surface area contributed by atoms with Crippen molar-refractivity contribution in [1.82, 2.24) is 0 Å². The average Bonchev–Trinajstić information content (AvgIpc) is 2.94. The molecule has 0 saturated carbocycles. The van der Waals surface area contributed by atoms with Crippen molar-refractivity contribution in [3.63, 3.8) is 0 Å². The van der Waals surface area contributed by atoms with E-state index in [0.717, 1.165) is 29.8 Å². The Bertz CT molecular complexity index is 694. The summed E-state index contributed by atoms with van der Waals surface area (Å²) in [5.41, 5.74) is 4.72. The largest absolute Gasteiger partial charge is 0.481 e. The van der Waals surface area contributed by atoms with Gasteiger partial charge in [0.15, 0.2) is 6.10 Å². The normalized spacial score (nSPS) is 14.3. The molecule has 3 rings (SSSR count). The lowest BCUT2D eigenvalue weighted by molar-refractivity contribution is -0.122. The predicted molar refractivity (Wildman–Crippen MR) is 88.4 cm³/mol. The first-order chi connectivity index (χ1) is 10.6. The maximum atomic E-state index is 12.3. The Hall–Kier alpha value is -2.29. The number of carbonyl (C=O) groups excluding carboxylic acids is 1. The van der Waals surface area contributed by atoms with E-state index < -0.39 is 6.10 Å². The van der Waals surface area contributed by atoms with Crippen LogP contribution in [0.2, 0.25) is 0 Å². The lowest BCUT2D eigenvalue weighted by Gasteiger charge is -2.15. The Morgan fingerprint density at radius 3 is 2.77 bits per heavy atom. The summed E-state index contributed by atoms with van der Waals surface area (Å²) in [6.45, 7) is 3.77. The number of ether oxygens (including phenoxy) is 1. The van der Waals surface area contributed by atoms with E-state index in [9.17, 15) is 4.79 Å². The second-order valence-electron chi connectivity index (χ2n) is 5.90. The quantitative estimate of drug-likeness (QED) is 0.929. The third-order valence-corrected chi connectivity index (χ3v) is 4.04. The van der Waals surface area contributed by atoms with Gasteiger partial charge in [-0.3, -0.25) is 4.79 Å². The fourth-order valence-electron chi connectivity index (χ4n) is 2.84. The molecule has 1 aliphatic carbocycles. The molecule has 2 aromatic carbocycles. The van der Waals surface area contributed by atoms with Crippen LogP contribution < -0.4 is 10.1 Å². The number of hydrogen-bond donors (Lipinski definition) is 1. The molecule has 0 unspecified atom stereocenters. The van der Waals surface area contributed by atoms with Gasteiger partial charge in [0.2, 0.25) is 0 Å². The molecular weight excluding hydrogens is 274 g/mol. The molecule has 114 valence electrons. The second kappa shape index (κ2) is 6.22. The van der Waals surface area contributed by atoms with Crippen LogP contribution in [0.3, 0.4) is 0 Å². The van der Waals surface area contributed by atoms with E-state index in [1.54, 1.807) is 6.92 Å². The van der Waals surface area contributed by atoms with Gasteiger partial charge in [0.05, 0.1) is 0 Å². The van der Waals surface area contributed by atoms with Crippen molar-refractivity contribution < 1.29 is 9.53 Å². The monoisotopic (exact) mass is 295 g/mol. The molecule has 0 fully saturated rings. The van der Waals surface area contributed by atoms with Crippen molar-refractivity contribution in [3.05, 3.63) is 59.2 Å². The van der Waals surface area contributed by atoms with E-state index in [2.05, 4.69) is 17.4 Å². The number of anilines is 1. The molecule has 1 N–H and O–H groups in total. The minimum absolute atomic E-state index is 0.126. The van der Waals surface area contributed by atoms with Gasteiger partial charge in [-0.2, -0.15) is 0 Å². The van der Waals surface area contributed by atoms with Crippen molar-refractivity contribution in [2.75, 3.05) is 5.32 Å². The predicted octanol–water partition coefficient (Wildman–Crippen LogP) is 3.89. The summed E-state index contributed by atoms with van der Waals surface area (Å²) in [5.74, 6) is 0.594. The van der Waals surface area contributed by atoms with E-state index in [0.29, 0.717) is 0 Å². The van der Waals surface area contributed by atoms with Crippen LogP contribution in [-0.2, 0) is 17.6 Å². The first-order valence-corrected chi connectivity index (χ1v) is 7.78. The van der Waals surface area contributed by atoms with Gasteiger partial charge >= 0.3 is 0 Å². The van der Waals surface area contributed by atoms with Crippen molar-refractivity contribution in [3.8, 4) is 5.75 Å². The summed E-state index contributed by atoms with van der Waals surface area (Å²) in [5, 5.41) is 2.94. The van der Waals surface area contributed by atoms with Crippen molar-refractivity contribution in [1.29, 1.82) is 0 Å². The number of rotatable bonds is 4. The average molecular weight is 295 g/mol. The van der Waals surface area contributed by atoms with Crippen LogP contribution in [0, 0.1) is 6.92 Å². The van der Waals surface area contributed by atoms with E-state index in [4.69, 9.17) is 4.74 Å². The summed E-state index contributed by atoms with van der Waals surface area (Å²) in [4.78, 5) is 12.3. The van der Waals surface area contributed by atoms with Crippen LogP contribution in [0.5, 0.6) is 5.75 Å². The van der Waals surface area contributed by atoms with Gasteiger partial charge in [-0.05, 0) is 74.1 Å². The maximum Gasteiger partial charge on any atom is 0.265 e. The molecule has 3 nitrogen and oxygen atoms in total. The Morgan fingerprint density at radius 1 is 1.14 bits per heavy atom. The van der Waals surface area contributed by atoms with Gasteiger partial charge in [0, 0.05) is 5.69 Å². The Morgan fingerprint density at radius 2 is 1.95 bits per heavy atom. The minimum atomic E-state index is -0.532. The second-order valence-corrected chi connectivity index (χ2v) is 5.90. The molecule has 22 heavy (non-hydrogen) atoms. The standard InChI is InChI=1S/C19H21NO2/c1-13-5-3-8-18(11-13)22-14(2)19(21)20-17-10-9-15-6-4-7-16(15)12-17/h3,5,8-12,14H,4,6-7H2,1-2H3,(H,20,21)/t14-/m1/s1. The summed E-state index contributed by atoms with van der Waals surface area (Å²) in [6.07, 6.45) is 2.93. The number of fused-ring (bicyclic) bond motifs is 1. The van der Waals surface area contributed by atoms with Gasteiger partial charge in [0.25, 0.3) is 5.91 Å². The number of amides is 1. The van der Waals surface area contributed by atoms with Crippen LogP contribution in [-0.4, -0.2) is 12.0 Å². The highest BCUT2D eigenvalue weighted by Gasteiger charge is 2.16. The smallest absolute Gasteiger partial charge is 0.265 e. The van der Waals surface area contributed by atoms with Crippen LogP contribution in [0.25, 0.3) is 0 Å². The Labute approximate surface area is 131 Å². The number of nitrogens with one attached hydrogen (secondary N) is 1. The molecule has 2 aromatic rings. The number of aryl methyl sites for hydroxylation is 3. The highest BCUT2D eigenvalue weighted by atomic mass is 16.5. The molecule has 1 amide bonds. The van der Waals surface area contributed by atoms with E-state index >= 15 is 0 Å². The Kier molecular flexibility index (Phi) is 4.14. The zero-order valence-corrected chi connectivity index (χ0v) is 13.1. The van der Waals surface area contributed by atoms with Gasteiger partial charge in [-0.1, -0.05) is 18.2 Å². The maximum absolute atomic E-state index is 12.3. The van der Waals surface area contributed by atoms with Crippen molar-refractivity contribution in [2.45, 2.75) is 39.2 Å². The van der Waals surface area contributed by atoms with Gasteiger partial charge < -0.3 is 10.1 Å². The van der Waals surface area contributed by atoms with E-state index in [1.807, 2.05) is 37.3 Å². The van der Waals surface area contributed by atoms with Gasteiger partial charge in [-0.25, -0.2) is 0 Å². The van der Waals surface area contributed by atoms with Crippen LogP contribution >= 0.6 is 0 Å². The molecule has 1 aliphatic rings. The van der Waals surface area contributed by atoms with Crippen molar-refractivity contribution in [2.24, 2.45) is 0 Å². The molecule has 0 bridgehead atoms. The lowest BCUT2D eigenvalue weighted by atomic mass is 10.1. The Balaban J connectivity index is 1.64.